The second-order valence-electron chi connectivity index (χ2n) is 4.01. The topological polar surface area (TPSA) is 46.8 Å². The van der Waals surface area contributed by atoms with Crippen molar-refractivity contribution in [2.75, 3.05) is 0 Å². The average molecular weight is 275 g/mol. The van der Waals surface area contributed by atoms with Gasteiger partial charge in [-0.2, -0.15) is 4.98 Å². The summed E-state index contributed by atoms with van der Waals surface area (Å²) in [5, 5.41) is 10.1. The first-order valence-electron chi connectivity index (χ1n) is 5.78. The number of fused-ring (bicyclic) bond motifs is 1. The lowest BCUT2D eigenvalue weighted by Gasteiger charge is -2.04. The Balaban J connectivity index is 2.02. The van der Waals surface area contributed by atoms with Crippen molar-refractivity contribution >= 4 is 17.2 Å². The minimum Gasteiger partial charge on any atom is -0.437 e. The van der Waals surface area contributed by atoms with Crippen LogP contribution in [0.1, 0.15) is 5.69 Å². The third-order valence-electron chi connectivity index (χ3n) is 2.77. The van der Waals surface area contributed by atoms with Crippen LogP contribution < -0.4 is 4.74 Å². The second kappa shape index (κ2) is 4.91. The number of imidazole rings is 1. The van der Waals surface area contributed by atoms with E-state index in [2.05, 4.69) is 4.98 Å². The summed E-state index contributed by atoms with van der Waals surface area (Å²) in [4.78, 5) is 4.35. The van der Waals surface area contributed by atoms with Gasteiger partial charge in [0.15, 0.2) is 0 Å². The third kappa shape index (κ3) is 2.28. The monoisotopic (exact) mass is 274 g/mol. The van der Waals surface area contributed by atoms with Crippen molar-refractivity contribution in [1.82, 2.24) is 9.38 Å². The second-order valence-corrected chi connectivity index (χ2v) is 4.44. The molecule has 0 aliphatic rings. The van der Waals surface area contributed by atoms with Crippen LogP contribution >= 0.6 is 11.6 Å². The van der Waals surface area contributed by atoms with E-state index >= 15 is 0 Å². The molecular weight excluding hydrogens is 264 g/mol. The Hall–Kier alpha value is -2.04. The molecule has 0 saturated heterocycles. The van der Waals surface area contributed by atoms with Crippen molar-refractivity contribution in [2.24, 2.45) is 0 Å². The number of pyridine rings is 1. The molecule has 1 aromatic carbocycles. The van der Waals surface area contributed by atoms with Gasteiger partial charge in [-0.05, 0) is 36.4 Å². The largest absolute Gasteiger partial charge is 0.437 e. The predicted molar refractivity (Wildman–Crippen MR) is 72.6 cm³/mol. The molecule has 0 bridgehead atoms. The van der Waals surface area contributed by atoms with E-state index in [1.807, 2.05) is 24.4 Å². The molecule has 2 aromatic heterocycles. The maximum Gasteiger partial charge on any atom is 0.243 e. The smallest absolute Gasteiger partial charge is 0.243 e. The quantitative estimate of drug-likeness (QED) is 0.797. The third-order valence-corrected chi connectivity index (χ3v) is 3.02. The molecule has 0 unspecified atom stereocenters. The van der Waals surface area contributed by atoms with Crippen molar-refractivity contribution in [2.45, 2.75) is 6.61 Å². The zero-order chi connectivity index (χ0) is 13.2. The standard InChI is InChI=1S/C14H11ClN2O2/c15-10-4-6-11(7-5-10)19-14-12(9-18)17-8-2-1-3-13(17)16-14/h1-8,18H,9H2. The molecule has 19 heavy (non-hydrogen) atoms. The Kier molecular flexibility index (Phi) is 3.11. The molecule has 4 nitrogen and oxygen atoms in total. The summed E-state index contributed by atoms with van der Waals surface area (Å²) >= 11 is 5.82. The fourth-order valence-electron chi connectivity index (χ4n) is 1.86. The van der Waals surface area contributed by atoms with Crippen LogP contribution in [-0.4, -0.2) is 14.5 Å². The minimum atomic E-state index is -0.145. The number of ether oxygens (including phenoxy) is 1. The zero-order valence-electron chi connectivity index (χ0n) is 9.95. The molecule has 0 atom stereocenters. The van der Waals surface area contributed by atoms with E-state index in [4.69, 9.17) is 16.3 Å². The molecule has 0 fully saturated rings. The fraction of sp³-hybridized carbons (Fsp3) is 0.0714. The lowest BCUT2D eigenvalue weighted by atomic mass is 10.3. The number of aliphatic hydroxyl groups is 1. The Morgan fingerprint density at radius 1 is 1.16 bits per heavy atom. The van der Waals surface area contributed by atoms with E-state index in [9.17, 15) is 5.11 Å². The highest BCUT2D eigenvalue weighted by atomic mass is 35.5. The first-order valence-corrected chi connectivity index (χ1v) is 6.16. The highest BCUT2D eigenvalue weighted by Crippen LogP contribution is 2.26. The molecule has 0 radical (unpaired) electrons. The Labute approximate surface area is 114 Å². The molecule has 0 spiro atoms. The van der Waals surface area contributed by atoms with Crippen molar-refractivity contribution < 1.29 is 9.84 Å². The van der Waals surface area contributed by atoms with Gasteiger partial charge in [0.1, 0.15) is 17.1 Å². The summed E-state index contributed by atoms with van der Waals surface area (Å²) in [7, 11) is 0. The lowest BCUT2D eigenvalue weighted by molar-refractivity contribution is 0.269. The molecule has 3 aromatic rings. The highest BCUT2D eigenvalue weighted by Gasteiger charge is 2.12. The van der Waals surface area contributed by atoms with Crippen LogP contribution in [0.3, 0.4) is 0 Å². The van der Waals surface area contributed by atoms with Gasteiger partial charge in [0.2, 0.25) is 5.88 Å². The number of nitrogens with zero attached hydrogens (tertiary/aromatic N) is 2. The van der Waals surface area contributed by atoms with Crippen LogP contribution in [0.2, 0.25) is 5.02 Å². The van der Waals surface area contributed by atoms with Crippen molar-refractivity contribution in [1.29, 1.82) is 0 Å². The van der Waals surface area contributed by atoms with Gasteiger partial charge in [0.25, 0.3) is 0 Å². The van der Waals surface area contributed by atoms with Crippen LogP contribution in [0.25, 0.3) is 5.65 Å². The van der Waals surface area contributed by atoms with E-state index in [0.29, 0.717) is 22.3 Å². The van der Waals surface area contributed by atoms with Gasteiger partial charge in [0, 0.05) is 11.2 Å². The van der Waals surface area contributed by atoms with Gasteiger partial charge in [-0.15, -0.1) is 0 Å². The number of hydrogen-bond acceptors (Lipinski definition) is 3. The van der Waals surface area contributed by atoms with E-state index < -0.39 is 0 Å². The molecule has 0 aliphatic carbocycles. The van der Waals surface area contributed by atoms with Crippen molar-refractivity contribution in [3.05, 3.63) is 59.4 Å². The lowest BCUT2D eigenvalue weighted by Crippen LogP contribution is -1.94. The van der Waals surface area contributed by atoms with E-state index in [-0.39, 0.29) is 6.61 Å². The van der Waals surface area contributed by atoms with Crippen LogP contribution in [0.4, 0.5) is 0 Å². The van der Waals surface area contributed by atoms with Crippen molar-refractivity contribution in [3.8, 4) is 11.6 Å². The maximum absolute atomic E-state index is 9.47. The molecule has 3 rings (SSSR count). The summed E-state index contributed by atoms with van der Waals surface area (Å²) < 4.78 is 7.49. The van der Waals surface area contributed by atoms with E-state index in [1.165, 1.54) is 0 Å². The molecule has 1 N–H and O–H groups in total. The SMILES string of the molecule is OCc1c(Oc2ccc(Cl)cc2)nc2ccccn12. The molecule has 96 valence electrons. The van der Waals surface area contributed by atoms with Gasteiger partial charge < -0.3 is 9.84 Å². The van der Waals surface area contributed by atoms with E-state index in [1.54, 1.807) is 28.7 Å². The fourth-order valence-corrected chi connectivity index (χ4v) is 1.99. The van der Waals surface area contributed by atoms with Gasteiger partial charge in [-0.1, -0.05) is 17.7 Å². The molecule has 0 saturated carbocycles. The Morgan fingerprint density at radius 3 is 2.68 bits per heavy atom. The van der Waals surface area contributed by atoms with Gasteiger partial charge >= 0.3 is 0 Å². The van der Waals surface area contributed by atoms with Crippen LogP contribution in [0.15, 0.2) is 48.7 Å². The predicted octanol–water partition coefficient (Wildman–Crippen LogP) is 3.27. The molecule has 0 amide bonds. The van der Waals surface area contributed by atoms with Gasteiger partial charge in [-0.3, -0.25) is 4.40 Å². The van der Waals surface area contributed by atoms with Crippen molar-refractivity contribution in [3.63, 3.8) is 0 Å². The molecule has 0 aliphatic heterocycles. The summed E-state index contributed by atoms with van der Waals surface area (Å²) in [6, 6.07) is 12.6. The normalized spacial score (nSPS) is 10.8. The van der Waals surface area contributed by atoms with Crippen LogP contribution in [0, 0.1) is 0 Å². The summed E-state index contributed by atoms with van der Waals surface area (Å²) in [6.07, 6.45) is 1.84. The molecule has 5 heteroatoms. The van der Waals surface area contributed by atoms with Crippen LogP contribution in [-0.2, 0) is 6.61 Å². The number of halogens is 1. The molecule has 2 heterocycles. The first kappa shape index (κ1) is 12.0. The zero-order valence-corrected chi connectivity index (χ0v) is 10.7. The molecular formula is C14H11ClN2O2. The number of aromatic nitrogens is 2. The number of hydrogen-bond donors (Lipinski definition) is 1. The first-order chi connectivity index (χ1) is 9.28. The highest BCUT2D eigenvalue weighted by molar-refractivity contribution is 6.30. The maximum atomic E-state index is 9.47. The van der Waals surface area contributed by atoms with Crippen LogP contribution in [0.5, 0.6) is 11.6 Å². The van der Waals surface area contributed by atoms with Gasteiger partial charge in [-0.25, -0.2) is 0 Å². The number of aliphatic hydroxyl groups excluding tert-OH is 1. The summed E-state index contributed by atoms with van der Waals surface area (Å²) in [6.45, 7) is -0.145. The Morgan fingerprint density at radius 2 is 1.95 bits per heavy atom. The van der Waals surface area contributed by atoms with E-state index in [0.717, 1.165) is 5.65 Å². The Bertz CT molecular complexity index is 707. The minimum absolute atomic E-state index is 0.145. The summed E-state index contributed by atoms with van der Waals surface area (Å²) in [5.41, 5.74) is 1.35. The summed E-state index contributed by atoms with van der Waals surface area (Å²) in [5.74, 6) is 1.03. The average Bonchev–Trinajstić information content (AvgIpc) is 2.78. The number of rotatable bonds is 3. The van der Waals surface area contributed by atoms with Gasteiger partial charge in [0.05, 0.1) is 6.61 Å². The number of benzene rings is 1.